The predicted molar refractivity (Wildman–Crippen MR) is 70.1 cm³/mol. The molecule has 1 heterocycles. The van der Waals surface area contributed by atoms with Gasteiger partial charge in [0, 0.05) is 6.20 Å². The maximum Gasteiger partial charge on any atom is 0.337 e. The van der Waals surface area contributed by atoms with Crippen molar-refractivity contribution in [3.8, 4) is 0 Å². The van der Waals surface area contributed by atoms with E-state index < -0.39 is 5.97 Å². The van der Waals surface area contributed by atoms with Crippen LogP contribution >= 0.6 is 0 Å². The van der Waals surface area contributed by atoms with Crippen LogP contribution in [0.4, 0.5) is 17.1 Å². The Labute approximate surface area is 104 Å². The summed E-state index contributed by atoms with van der Waals surface area (Å²) >= 11 is 0. The minimum absolute atomic E-state index is 0.136. The van der Waals surface area contributed by atoms with Crippen LogP contribution in [0.5, 0.6) is 0 Å². The average molecular weight is 243 g/mol. The Balaban J connectivity index is 2.42. The number of aromatic carboxylic acids is 1. The molecule has 2 aromatic rings. The summed E-state index contributed by atoms with van der Waals surface area (Å²) in [5.74, 6) is -1.02. The maximum absolute atomic E-state index is 11.1. The van der Waals surface area contributed by atoms with Gasteiger partial charge < -0.3 is 16.2 Å². The Morgan fingerprint density at radius 2 is 2.17 bits per heavy atom. The molecule has 0 atom stereocenters. The molecule has 4 N–H and O–H groups in total. The Bertz CT molecular complexity index is 597. The summed E-state index contributed by atoms with van der Waals surface area (Å²) in [6, 6.07) is 6.63. The van der Waals surface area contributed by atoms with E-state index in [1.807, 2.05) is 13.0 Å². The molecule has 5 heteroatoms. The van der Waals surface area contributed by atoms with Crippen LogP contribution < -0.4 is 11.1 Å². The highest BCUT2D eigenvalue weighted by atomic mass is 16.4. The summed E-state index contributed by atoms with van der Waals surface area (Å²) < 4.78 is 0. The highest BCUT2D eigenvalue weighted by molar-refractivity contribution is 5.98. The van der Waals surface area contributed by atoms with Gasteiger partial charge in [0.15, 0.2) is 0 Å². The molecule has 0 aliphatic rings. The molecule has 0 bridgehead atoms. The predicted octanol–water partition coefficient (Wildman–Crippen LogP) is 2.41. The lowest BCUT2D eigenvalue weighted by Crippen LogP contribution is -2.05. The lowest BCUT2D eigenvalue weighted by molar-refractivity contribution is 0.0698. The number of aryl methyl sites for hydroxylation is 1. The first-order valence-electron chi connectivity index (χ1n) is 5.38. The number of hydrogen-bond donors (Lipinski definition) is 3. The number of carboxylic acids is 1. The molecule has 1 aromatic carbocycles. The van der Waals surface area contributed by atoms with Gasteiger partial charge in [-0.15, -0.1) is 0 Å². The second-order valence-corrected chi connectivity index (χ2v) is 3.95. The number of nitrogen functional groups attached to an aromatic ring is 1. The van der Waals surface area contributed by atoms with Gasteiger partial charge in [-0.2, -0.15) is 0 Å². The third kappa shape index (κ3) is 2.40. The molecule has 1 aromatic heterocycles. The fourth-order valence-electron chi connectivity index (χ4n) is 1.66. The summed E-state index contributed by atoms with van der Waals surface area (Å²) in [6.45, 7) is 1.91. The number of carboxylic acid groups (broad SMARTS) is 1. The molecule has 0 aliphatic carbocycles. The lowest BCUT2D eigenvalue weighted by atomic mass is 10.1. The fraction of sp³-hybridized carbons (Fsp3) is 0.0769. The summed E-state index contributed by atoms with van der Waals surface area (Å²) in [5, 5.41) is 12.1. The number of carbonyl (C=O) groups is 1. The summed E-state index contributed by atoms with van der Waals surface area (Å²) in [5.41, 5.74) is 8.39. The van der Waals surface area contributed by atoms with E-state index in [1.165, 1.54) is 6.07 Å². The van der Waals surface area contributed by atoms with E-state index in [9.17, 15) is 4.79 Å². The van der Waals surface area contributed by atoms with Gasteiger partial charge in [0.1, 0.15) is 0 Å². The monoisotopic (exact) mass is 243 g/mol. The molecule has 0 fully saturated rings. The Morgan fingerprint density at radius 3 is 2.83 bits per heavy atom. The lowest BCUT2D eigenvalue weighted by Gasteiger charge is -2.12. The Hall–Kier alpha value is -2.56. The summed E-state index contributed by atoms with van der Waals surface area (Å²) in [6.07, 6.45) is 3.34. The number of nitrogens with zero attached hydrogens (tertiary/aromatic N) is 1. The van der Waals surface area contributed by atoms with Gasteiger partial charge in [-0.25, -0.2) is 4.79 Å². The average Bonchev–Trinajstić information content (AvgIpc) is 2.31. The van der Waals surface area contributed by atoms with Crippen molar-refractivity contribution in [1.82, 2.24) is 4.98 Å². The molecule has 0 aliphatic heterocycles. The normalized spacial score (nSPS) is 10.1. The van der Waals surface area contributed by atoms with Crippen LogP contribution in [-0.4, -0.2) is 16.1 Å². The Kier molecular flexibility index (Phi) is 3.14. The smallest absolute Gasteiger partial charge is 0.337 e. The second-order valence-electron chi connectivity index (χ2n) is 3.95. The minimum atomic E-state index is -1.02. The van der Waals surface area contributed by atoms with Gasteiger partial charge in [0.05, 0.1) is 28.8 Å². The first-order valence-corrected chi connectivity index (χ1v) is 5.38. The van der Waals surface area contributed by atoms with E-state index in [0.29, 0.717) is 17.1 Å². The number of rotatable bonds is 3. The van der Waals surface area contributed by atoms with Gasteiger partial charge >= 0.3 is 5.97 Å². The molecule has 0 saturated heterocycles. The fourth-order valence-corrected chi connectivity index (χ4v) is 1.66. The van der Waals surface area contributed by atoms with Gasteiger partial charge in [-0.3, -0.25) is 4.98 Å². The van der Waals surface area contributed by atoms with E-state index in [1.54, 1.807) is 24.5 Å². The molecular weight excluding hydrogens is 230 g/mol. The molecule has 0 saturated carbocycles. The van der Waals surface area contributed by atoms with Crippen LogP contribution in [-0.2, 0) is 0 Å². The van der Waals surface area contributed by atoms with Gasteiger partial charge in [-0.05, 0) is 30.7 Å². The molecule has 0 radical (unpaired) electrons. The first kappa shape index (κ1) is 11.9. The number of aromatic nitrogens is 1. The SMILES string of the molecule is Cc1cncc(Nc2c(N)cccc2C(=O)O)c1. The van der Waals surface area contributed by atoms with Crippen molar-refractivity contribution in [3.63, 3.8) is 0 Å². The van der Waals surface area contributed by atoms with Crippen LogP contribution in [0.1, 0.15) is 15.9 Å². The highest BCUT2D eigenvalue weighted by Gasteiger charge is 2.12. The second kappa shape index (κ2) is 4.75. The van der Waals surface area contributed by atoms with Crippen molar-refractivity contribution >= 4 is 23.0 Å². The summed E-state index contributed by atoms with van der Waals surface area (Å²) in [7, 11) is 0. The van der Waals surface area contributed by atoms with Crippen molar-refractivity contribution in [1.29, 1.82) is 0 Å². The van der Waals surface area contributed by atoms with Crippen LogP contribution in [0.25, 0.3) is 0 Å². The van der Waals surface area contributed by atoms with Crippen molar-refractivity contribution in [2.75, 3.05) is 11.1 Å². The molecule has 0 spiro atoms. The van der Waals surface area contributed by atoms with Crippen LogP contribution in [0, 0.1) is 6.92 Å². The zero-order valence-electron chi connectivity index (χ0n) is 9.84. The van der Waals surface area contributed by atoms with Crippen molar-refractivity contribution in [2.45, 2.75) is 6.92 Å². The number of nitrogens with one attached hydrogen (secondary N) is 1. The van der Waals surface area contributed by atoms with Crippen molar-refractivity contribution in [3.05, 3.63) is 47.8 Å². The van der Waals surface area contributed by atoms with Gasteiger partial charge in [0.2, 0.25) is 0 Å². The number of benzene rings is 1. The van der Waals surface area contributed by atoms with E-state index in [0.717, 1.165) is 5.56 Å². The Morgan fingerprint density at radius 1 is 1.39 bits per heavy atom. The quantitative estimate of drug-likeness (QED) is 0.720. The topological polar surface area (TPSA) is 88.2 Å². The van der Waals surface area contributed by atoms with Crippen LogP contribution in [0.3, 0.4) is 0 Å². The molecule has 0 amide bonds. The zero-order chi connectivity index (χ0) is 13.1. The third-order valence-electron chi connectivity index (χ3n) is 2.47. The maximum atomic E-state index is 11.1. The molecular formula is C13H13N3O2. The van der Waals surface area contributed by atoms with Crippen molar-refractivity contribution < 1.29 is 9.90 Å². The van der Waals surface area contributed by atoms with Gasteiger partial charge in [-0.1, -0.05) is 6.07 Å². The number of hydrogen-bond acceptors (Lipinski definition) is 4. The minimum Gasteiger partial charge on any atom is -0.478 e. The van der Waals surface area contributed by atoms with E-state index in [4.69, 9.17) is 10.8 Å². The van der Waals surface area contributed by atoms with Crippen LogP contribution in [0.2, 0.25) is 0 Å². The molecule has 5 nitrogen and oxygen atoms in total. The molecule has 2 rings (SSSR count). The molecule has 92 valence electrons. The van der Waals surface area contributed by atoms with Crippen LogP contribution in [0.15, 0.2) is 36.7 Å². The van der Waals surface area contributed by atoms with E-state index in [-0.39, 0.29) is 5.56 Å². The van der Waals surface area contributed by atoms with E-state index in [2.05, 4.69) is 10.3 Å². The number of anilines is 3. The standard InChI is InChI=1S/C13H13N3O2/c1-8-5-9(7-15-6-8)16-12-10(13(17)18)3-2-4-11(12)14/h2-7,16H,14H2,1H3,(H,17,18). The van der Waals surface area contributed by atoms with E-state index >= 15 is 0 Å². The number of nitrogens with two attached hydrogens (primary N) is 1. The molecule has 0 unspecified atom stereocenters. The largest absolute Gasteiger partial charge is 0.478 e. The number of para-hydroxylation sites is 1. The third-order valence-corrected chi connectivity index (χ3v) is 2.47. The first-order chi connectivity index (χ1) is 8.58. The zero-order valence-corrected chi connectivity index (χ0v) is 9.84. The molecule has 18 heavy (non-hydrogen) atoms. The van der Waals surface area contributed by atoms with Crippen molar-refractivity contribution in [2.24, 2.45) is 0 Å². The van der Waals surface area contributed by atoms with Gasteiger partial charge in [0.25, 0.3) is 0 Å². The number of pyridine rings is 1. The summed E-state index contributed by atoms with van der Waals surface area (Å²) in [4.78, 5) is 15.2. The highest BCUT2D eigenvalue weighted by Crippen LogP contribution is 2.27.